The quantitative estimate of drug-likeness (QED) is 0.862. The number of anilines is 1. The number of esters is 1. The van der Waals surface area contributed by atoms with Crippen LogP contribution in [-0.4, -0.2) is 23.0 Å². The predicted octanol–water partition coefficient (Wildman–Crippen LogP) is 3.03. The molecule has 2 aromatic rings. The molecule has 0 saturated carbocycles. The lowest BCUT2D eigenvalue weighted by Crippen LogP contribution is -2.30. The van der Waals surface area contributed by atoms with Gasteiger partial charge in [0.15, 0.2) is 6.10 Å². The summed E-state index contributed by atoms with van der Waals surface area (Å²) in [4.78, 5) is 27.7. The van der Waals surface area contributed by atoms with Crippen LogP contribution in [0.25, 0.3) is 0 Å². The van der Waals surface area contributed by atoms with Crippen molar-refractivity contribution in [2.24, 2.45) is 0 Å². The molecule has 1 aromatic carbocycles. The van der Waals surface area contributed by atoms with Crippen LogP contribution < -0.4 is 5.32 Å². The van der Waals surface area contributed by atoms with Gasteiger partial charge in [0.2, 0.25) is 0 Å². The van der Waals surface area contributed by atoms with Gasteiger partial charge < -0.3 is 10.1 Å². The normalized spacial score (nSPS) is 11.5. The Balaban J connectivity index is 1.96. The number of amides is 1. The minimum atomic E-state index is -0.906. The number of ether oxygens (including phenoxy) is 1. The van der Waals surface area contributed by atoms with Gasteiger partial charge in [0.05, 0.1) is 5.56 Å². The van der Waals surface area contributed by atoms with E-state index in [9.17, 15) is 9.59 Å². The average molecular weight is 349 g/mol. The second-order valence-corrected chi connectivity index (χ2v) is 5.21. The number of aromatic nitrogens is 1. The molecule has 5 nitrogen and oxygen atoms in total. The number of nitrogens with one attached hydrogen (secondary N) is 1. The molecule has 0 bridgehead atoms. The summed E-state index contributed by atoms with van der Waals surface area (Å²) in [7, 11) is 0. The molecule has 2 rings (SSSR count). The standard InChI is InChI=1S/C15H13BrN2O3/c1-10(14(19)18-13-5-3-2-4-6-13)21-15(20)11-7-12(16)9-17-8-11/h2-10H,1H3,(H,18,19). The van der Waals surface area contributed by atoms with E-state index in [1.807, 2.05) is 6.07 Å². The zero-order chi connectivity index (χ0) is 15.2. The first-order chi connectivity index (χ1) is 10.1. The summed E-state index contributed by atoms with van der Waals surface area (Å²) in [6.07, 6.45) is 2.04. The summed E-state index contributed by atoms with van der Waals surface area (Å²) < 4.78 is 5.78. The van der Waals surface area contributed by atoms with E-state index in [2.05, 4.69) is 26.2 Å². The third-order valence-electron chi connectivity index (χ3n) is 2.63. The first kappa shape index (κ1) is 15.2. The van der Waals surface area contributed by atoms with Gasteiger partial charge >= 0.3 is 5.97 Å². The van der Waals surface area contributed by atoms with E-state index >= 15 is 0 Å². The molecule has 1 heterocycles. The van der Waals surface area contributed by atoms with Crippen molar-refractivity contribution in [1.29, 1.82) is 0 Å². The Kier molecular flexibility index (Phi) is 5.05. The summed E-state index contributed by atoms with van der Waals surface area (Å²) in [5.41, 5.74) is 0.929. The van der Waals surface area contributed by atoms with Crippen molar-refractivity contribution in [3.63, 3.8) is 0 Å². The van der Waals surface area contributed by atoms with Gasteiger partial charge in [0.1, 0.15) is 0 Å². The lowest BCUT2D eigenvalue weighted by atomic mass is 10.3. The Morgan fingerprint density at radius 3 is 2.62 bits per heavy atom. The number of benzene rings is 1. The van der Waals surface area contributed by atoms with Crippen LogP contribution in [0.3, 0.4) is 0 Å². The summed E-state index contributed by atoms with van der Waals surface area (Å²) >= 11 is 3.22. The lowest BCUT2D eigenvalue weighted by molar-refractivity contribution is -0.123. The first-order valence-corrected chi connectivity index (χ1v) is 7.03. The smallest absolute Gasteiger partial charge is 0.340 e. The van der Waals surface area contributed by atoms with Gasteiger partial charge in [-0.2, -0.15) is 0 Å². The fraction of sp³-hybridized carbons (Fsp3) is 0.133. The maximum Gasteiger partial charge on any atom is 0.340 e. The molecule has 6 heteroatoms. The Hall–Kier alpha value is -2.21. The van der Waals surface area contributed by atoms with Crippen molar-refractivity contribution >= 4 is 33.5 Å². The van der Waals surface area contributed by atoms with Crippen molar-refractivity contribution in [2.75, 3.05) is 5.32 Å². The van der Waals surface area contributed by atoms with Crippen LogP contribution >= 0.6 is 15.9 Å². The highest BCUT2D eigenvalue weighted by Gasteiger charge is 2.19. The third-order valence-corrected chi connectivity index (χ3v) is 3.07. The monoisotopic (exact) mass is 348 g/mol. The van der Waals surface area contributed by atoms with Crippen LogP contribution in [0.4, 0.5) is 5.69 Å². The van der Waals surface area contributed by atoms with Crippen LogP contribution in [-0.2, 0) is 9.53 Å². The topological polar surface area (TPSA) is 68.3 Å². The minimum Gasteiger partial charge on any atom is -0.449 e. The summed E-state index contributed by atoms with van der Waals surface area (Å²) in [5, 5.41) is 2.67. The molecule has 0 aliphatic heterocycles. The predicted molar refractivity (Wildman–Crippen MR) is 81.9 cm³/mol. The van der Waals surface area contributed by atoms with Gasteiger partial charge in [-0.05, 0) is 41.1 Å². The summed E-state index contributed by atoms with van der Waals surface area (Å²) in [6, 6.07) is 10.5. The number of carbonyl (C=O) groups is 2. The van der Waals surface area contributed by atoms with Crippen LogP contribution in [0.5, 0.6) is 0 Å². The van der Waals surface area contributed by atoms with Crippen LogP contribution in [0.1, 0.15) is 17.3 Å². The van der Waals surface area contributed by atoms with Crippen molar-refractivity contribution in [2.45, 2.75) is 13.0 Å². The van der Waals surface area contributed by atoms with Gasteiger partial charge in [0, 0.05) is 22.6 Å². The summed E-state index contributed by atoms with van der Waals surface area (Å²) in [5.74, 6) is -0.989. The van der Waals surface area contributed by atoms with Gasteiger partial charge in [-0.1, -0.05) is 18.2 Å². The maximum atomic E-state index is 11.9. The number of hydrogen-bond acceptors (Lipinski definition) is 4. The molecule has 1 amide bonds. The number of hydrogen-bond donors (Lipinski definition) is 1. The van der Waals surface area contributed by atoms with Gasteiger partial charge in [-0.25, -0.2) is 4.79 Å². The van der Waals surface area contributed by atoms with E-state index in [-0.39, 0.29) is 5.56 Å². The van der Waals surface area contributed by atoms with Crippen molar-refractivity contribution in [1.82, 2.24) is 4.98 Å². The summed E-state index contributed by atoms with van der Waals surface area (Å²) in [6.45, 7) is 1.52. The number of rotatable bonds is 4. The molecular weight excluding hydrogens is 336 g/mol. The Morgan fingerprint density at radius 2 is 1.95 bits per heavy atom. The fourth-order valence-electron chi connectivity index (χ4n) is 1.57. The zero-order valence-electron chi connectivity index (χ0n) is 11.2. The van der Waals surface area contributed by atoms with Crippen molar-refractivity contribution in [3.05, 3.63) is 58.8 Å². The molecule has 1 N–H and O–H groups in total. The molecule has 0 fully saturated rings. The molecule has 21 heavy (non-hydrogen) atoms. The minimum absolute atomic E-state index is 0.281. The first-order valence-electron chi connectivity index (χ1n) is 6.23. The number of para-hydroxylation sites is 1. The third kappa shape index (κ3) is 4.39. The van der Waals surface area contributed by atoms with E-state index in [0.717, 1.165) is 0 Å². The number of carbonyl (C=O) groups excluding carboxylic acids is 2. The Bertz CT molecular complexity index is 646. The number of nitrogens with zero attached hydrogens (tertiary/aromatic N) is 1. The second-order valence-electron chi connectivity index (χ2n) is 4.29. The second kappa shape index (κ2) is 6.99. The highest BCUT2D eigenvalue weighted by molar-refractivity contribution is 9.10. The number of pyridine rings is 1. The molecular formula is C15H13BrN2O3. The Morgan fingerprint density at radius 1 is 1.24 bits per heavy atom. The Labute approximate surface area is 130 Å². The molecule has 0 spiro atoms. The van der Waals surface area contributed by atoms with Gasteiger partial charge in [-0.3, -0.25) is 9.78 Å². The van der Waals surface area contributed by atoms with E-state index in [0.29, 0.717) is 10.2 Å². The van der Waals surface area contributed by atoms with E-state index in [1.54, 1.807) is 36.5 Å². The maximum absolute atomic E-state index is 11.9. The molecule has 1 aromatic heterocycles. The van der Waals surface area contributed by atoms with Crippen LogP contribution in [0.2, 0.25) is 0 Å². The molecule has 108 valence electrons. The largest absolute Gasteiger partial charge is 0.449 e. The molecule has 0 aliphatic rings. The molecule has 0 aliphatic carbocycles. The molecule has 0 saturated heterocycles. The molecule has 1 unspecified atom stereocenters. The van der Waals surface area contributed by atoms with Gasteiger partial charge in [0.25, 0.3) is 5.91 Å². The number of halogens is 1. The highest BCUT2D eigenvalue weighted by atomic mass is 79.9. The van der Waals surface area contributed by atoms with Gasteiger partial charge in [-0.15, -0.1) is 0 Å². The van der Waals surface area contributed by atoms with Crippen LogP contribution in [0, 0.1) is 0 Å². The van der Waals surface area contributed by atoms with E-state index in [1.165, 1.54) is 13.1 Å². The highest BCUT2D eigenvalue weighted by Crippen LogP contribution is 2.12. The lowest BCUT2D eigenvalue weighted by Gasteiger charge is -2.13. The molecule has 0 radical (unpaired) electrons. The van der Waals surface area contributed by atoms with Crippen molar-refractivity contribution < 1.29 is 14.3 Å². The van der Waals surface area contributed by atoms with E-state index in [4.69, 9.17) is 4.74 Å². The average Bonchev–Trinajstić information content (AvgIpc) is 2.48. The SMILES string of the molecule is CC(OC(=O)c1cncc(Br)c1)C(=O)Nc1ccccc1. The van der Waals surface area contributed by atoms with Crippen molar-refractivity contribution in [3.8, 4) is 0 Å². The molecule has 1 atom stereocenters. The zero-order valence-corrected chi connectivity index (χ0v) is 12.8. The van der Waals surface area contributed by atoms with Crippen LogP contribution in [0.15, 0.2) is 53.3 Å². The van der Waals surface area contributed by atoms with E-state index < -0.39 is 18.0 Å². The fourth-order valence-corrected chi connectivity index (χ4v) is 1.94.